The van der Waals surface area contributed by atoms with Crippen LogP contribution in [-0.2, 0) is 11.3 Å². The number of carboxylic acids is 1. The van der Waals surface area contributed by atoms with E-state index in [-0.39, 0.29) is 17.3 Å². The number of rotatable bonds is 5. The molecule has 2 N–H and O–H groups in total. The summed E-state index contributed by atoms with van der Waals surface area (Å²) < 4.78 is 0. The Balaban J connectivity index is 2.81. The maximum atomic E-state index is 10.9. The van der Waals surface area contributed by atoms with E-state index in [1.807, 2.05) is 0 Å². The fourth-order valence-electron chi connectivity index (χ4n) is 1.18. The van der Waals surface area contributed by atoms with E-state index in [1.54, 1.807) is 0 Å². The summed E-state index contributed by atoms with van der Waals surface area (Å²) in [5.41, 5.74) is -0.580. The molecule has 98 valence electrons. The van der Waals surface area contributed by atoms with Crippen molar-refractivity contribution in [1.29, 1.82) is 0 Å². The summed E-state index contributed by atoms with van der Waals surface area (Å²) in [4.78, 5) is 20.9. The average molecular weight is 273 g/mol. The van der Waals surface area contributed by atoms with Gasteiger partial charge in [0.2, 0.25) is 0 Å². The highest BCUT2D eigenvalue weighted by molar-refractivity contribution is 6.31. The number of non-ortho nitro benzene ring substituents is 1. The minimum absolute atomic E-state index is 0.0961. The minimum atomic E-state index is -1.09. The molecule has 0 fully saturated rings. The second-order valence-corrected chi connectivity index (χ2v) is 4.72. The summed E-state index contributed by atoms with van der Waals surface area (Å²) in [6, 6.07) is 4.08. The molecule has 18 heavy (non-hydrogen) atoms. The van der Waals surface area contributed by atoms with Crippen LogP contribution in [0.2, 0.25) is 5.02 Å². The molecule has 0 radical (unpaired) electrons. The standard InChI is InChI=1S/C11H13ClN2O4/c1-11(2,10(15)16)13-6-7-3-4-8(14(17)18)5-9(7)12/h3-5,13H,6H2,1-2H3,(H,15,16). The number of carbonyl (C=O) groups is 1. The number of nitro groups is 1. The molecule has 0 bridgehead atoms. The van der Waals surface area contributed by atoms with Crippen molar-refractivity contribution in [3.63, 3.8) is 0 Å². The second-order valence-electron chi connectivity index (χ2n) is 4.32. The van der Waals surface area contributed by atoms with Gasteiger partial charge < -0.3 is 5.11 Å². The van der Waals surface area contributed by atoms with E-state index in [0.717, 1.165) is 0 Å². The zero-order valence-electron chi connectivity index (χ0n) is 9.94. The zero-order chi connectivity index (χ0) is 13.9. The second kappa shape index (κ2) is 5.32. The van der Waals surface area contributed by atoms with Crippen LogP contribution in [0.4, 0.5) is 5.69 Å². The van der Waals surface area contributed by atoms with Gasteiger partial charge in [0, 0.05) is 18.7 Å². The summed E-state index contributed by atoms with van der Waals surface area (Å²) in [6.07, 6.45) is 0. The van der Waals surface area contributed by atoms with E-state index in [1.165, 1.54) is 32.0 Å². The predicted molar refractivity (Wildman–Crippen MR) is 66.7 cm³/mol. The lowest BCUT2D eigenvalue weighted by atomic mass is 10.1. The molecule has 0 saturated heterocycles. The molecule has 1 aromatic rings. The lowest BCUT2D eigenvalue weighted by Crippen LogP contribution is -2.46. The molecule has 1 rings (SSSR count). The van der Waals surface area contributed by atoms with Gasteiger partial charge in [0.25, 0.3) is 5.69 Å². The van der Waals surface area contributed by atoms with Crippen molar-refractivity contribution < 1.29 is 14.8 Å². The normalized spacial score (nSPS) is 11.3. The first-order chi connectivity index (χ1) is 8.24. The first-order valence-corrected chi connectivity index (χ1v) is 5.53. The van der Waals surface area contributed by atoms with Gasteiger partial charge in [-0.25, -0.2) is 0 Å². The molecular formula is C11H13ClN2O4. The minimum Gasteiger partial charge on any atom is -0.480 e. The Labute approximate surface area is 109 Å². The number of benzene rings is 1. The Hall–Kier alpha value is -1.66. The lowest BCUT2D eigenvalue weighted by molar-refractivity contribution is -0.384. The van der Waals surface area contributed by atoms with Crippen LogP contribution in [-0.4, -0.2) is 21.5 Å². The summed E-state index contributed by atoms with van der Waals surface area (Å²) >= 11 is 5.89. The fourth-order valence-corrected chi connectivity index (χ4v) is 1.43. The lowest BCUT2D eigenvalue weighted by Gasteiger charge is -2.21. The topological polar surface area (TPSA) is 92.5 Å². The van der Waals surface area contributed by atoms with E-state index >= 15 is 0 Å². The third-order valence-electron chi connectivity index (χ3n) is 2.50. The fraction of sp³-hybridized carbons (Fsp3) is 0.364. The third kappa shape index (κ3) is 3.41. The number of hydrogen-bond donors (Lipinski definition) is 2. The monoisotopic (exact) mass is 272 g/mol. The van der Waals surface area contributed by atoms with Gasteiger partial charge in [-0.3, -0.25) is 20.2 Å². The number of aliphatic carboxylic acids is 1. The zero-order valence-corrected chi connectivity index (χ0v) is 10.7. The molecule has 0 aliphatic rings. The molecular weight excluding hydrogens is 260 g/mol. The molecule has 0 atom stereocenters. The number of halogens is 1. The Bertz CT molecular complexity index is 488. The van der Waals surface area contributed by atoms with Gasteiger partial charge in [-0.2, -0.15) is 0 Å². The first kappa shape index (κ1) is 14.4. The first-order valence-electron chi connectivity index (χ1n) is 5.15. The van der Waals surface area contributed by atoms with Crippen molar-refractivity contribution in [3.05, 3.63) is 38.9 Å². The summed E-state index contributed by atoms with van der Waals surface area (Å²) in [5.74, 6) is -0.986. The van der Waals surface area contributed by atoms with Crippen molar-refractivity contribution in [1.82, 2.24) is 5.32 Å². The molecule has 0 aliphatic carbocycles. The Morgan fingerprint density at radius 3 is 2.61 bits per heavy atom. The number of hydrogen-bond acceptors (Lipinski definition) is 4. The van der Waals surface area contributed by atoms with Crippen LogP contribution in [0.3, 0.4) is 0 Å². The highest BCUT2D eigenvalue weighted by Crippen LogP contribution is 2.22. The van der Waals surface area contributed by atoms with Crippen molar-refractivity contribution in [3.8, 4) is 0 Å². The van der Waals surface area contributed by atoms with E-state index in [9.17, 15) is 14.9 Å². The summed E-state index contributed by atoms with van der Waals surface area (Å²) in [5, 5.41) is 22.5. The van der Waals surface area contributed by atoms with Crippen LogP contribution in [0, 0.1) is 10.1 Å². The van der Waals surface area contributed by atoms with E-state index < -0.39 is 16.4 Å². The number of nitrogens with one attached hydrogen (secondary N) is 1. The molecule has 0 spiro atoms. The Morgan fingerprint density at radius 1 is 1.56 bits per heavy atom. The number of carboxylic acid groups (broad SMARTS) is 1. The quantitative estimate of drug-likeness (QED) is 0.633. The van der Waals surface area contributed by atoms with Gasteiger partial charge in [0.1, 0.15) is 5.54 Å². The largest absolute Gasteiger partial charge is 0.480 e. The van der Waals surface area contributed by atoms with Crippen LogP contribution in [0.1, 0.15) is 19.4 Å². The van der Waals surface area contributed by atoms with Crippen molar-refractivity contribution in [2.75, 3.05) is 0 Å². The SMILES string of the molecule is CC(C)(NCc1ccc([N+](=O)[O-])cc1Cl)C(=O)O. The molecule has 0 saturated carbocycles. The number of nitrogens with zero attached hydrogens (tertiary/aromatic N) is 1. The van der Waals surface area contributed by atoms with Crippen LogP contribution >= 0.6 is 11.6 Å². The van der Waals surface area contributed by atoms with E-state index in [0.29, 0.717) is 5.56 Å². The molecule has 6 nitrogen and oxygen atoms in total. The van der Waals surface area contributed by atoms with Gasteiger partial charge in [-0.15, -0.1) is 0 Å². The average Bonchev–Trinajstić information content (AvgIpc) is 2.26. The van der Waals surface area contributed by atoms with Gasteiger partial charge >= 0.3 is 5.97 Å². The van der Waals surface area contributed by atoms with Gasteiger partial charge in [-0.05, 0) is 25.5 Å². The smallest absolute Gasteiger partial charge is 0.323 e. The molecule has 0 aliphatic heterocycles. The predicted octanol–water partition coefficient (Wildman–Crippen LogP) is 2.20. The van der Waals surface area contributed by atoms with Crippen LogP contribution in [0.25, 0.3) is 0 Å². The van der Waals surface area contributed by atoms with E-state index in [4.69, 9.17) is 16.7 Å². The molecule has 7 heteroatoms. The Morgan fingerprint density at radius 2 is 2.17 bits per heavy atom. The molecule has 0 unspecified atom stereocenters. The summed E-state index contributed by atoms with van der Waals surface area (Å²) in [6.45, 7) is 3.26. The van der Waals surface area contributed by atoms with Crippen LogP contribution in [0.5, 0.6) is 0 Å². The van der Waals surface area contributed by atoms with Crippen molar-refractivity contribution >= 4 is 23.3 Å². The highest BCUT2D eigenvalue weighted by atomic mass is 35.5. The van der Waals surface area contributed by atoms with Crippen LogP contribution in [0.15, 0.2) is 18.2 Å². The molecule has 0 aromatic heterocycles. The van der Waals surface area contributed by atoms with Crippen molar-refractivity contribution in [2.45, 2.75) is 25.9 Å². The molecule has 0 heterocycles. The van der Waals surface area contributed by atoms with Crippen LogP contribution < -0.4 is 5.32 Å². The molecule has 1 aromatic carbocycles. The molecule has 0 amide bonds. The van der Waals surface area contributed by atoms with E-state index in [2.05, 4.69) is 5.32 Å². The summed E-state index contributed by atoms with van der Waals surface area (Å²) in [7, 11) is 0. The Kier molecular flexibility index (Phi) is 4.26. The van der Waals surface area contributed by atoms with Gasteiger partial charge in [0.15, 0.2) is 0 Å². The maximum Gasteiger partial charge on any atom is 0.323 e. The highest BCUT2D eigenvalue weighted by Gasteiger charge is 2.26. The van der Waals surface area contributed by atoms with Gasteiger partial charge in [-0.1, -0.05) is 11.6 Å². The number of nitro benzene ring substituents is 1. The van der Waals surface area contributed by atoms with Gasteiger partial charge in [0.05, 0.1) is 9.95 Å². The van der Waals surface area contributed by atoms with Crippen molar-refractivity contribution in [2.24, 2.45) is 0 Å². The third-order valence-corrected chi connectivity index (χ3v) is 2.85. The maximum absolute atomic E-state index is 10.9.